The second-order valence-electron chi connectivity index (χ2n) is 4.31. The zero-order valence-electron chi connectivity index (χ0n) is 10.1. The zero-order valence-corrected chi connectivity index (χ0v) is 10.1. The third-order valence-corrected chi connectivity index (χ3v) is 2.86. The van der Waals surface area contributed by atoms with Crippen molar-refractivity contribution >= 4 is 11.7 Å². The Morgan fingerprint density at radius 1 is 1.31 bits per heavy atom. The van der Waals surface area contributed by atoms with Crippen LogP contribution < -0.4 is 0 Å². The van der Waals surface area contributed by atoms with Gasteiger partial charge in [0.2, 0.25) is 5.91 Å². The second kappa shape index (κ2) is 5.41. The third kappa shape index (κ3) is 3.28. The molecule has 0 aromatic rings. The lowest BCUT2D eigenvalue weighted by Gasteiger charge is -2.28. The molecule has 16 heavy (non-hydrogen) atoms. The Morgan fingerprint density at radius 2 is 1.88 bits per heavy atom. The lowest BCUT2D eigenvalue weighted by Crippen LogP contribution is -2.44. The molecule has 1 heterocycles. The van der Waals surface area contributed by atoms with Crippen molar-refractivity contribution in [1.82, 2.24) is 4.90 Å². The first-order chi connectivity index (χ1) is 7.47. The molecule has 0 radical (unpaired) electrons. The van der Waals surface area contributed by atoms with Crippen LogP contribution >= 0.6 is 0 Å². The molecule has 0 spiro atoms. The molecule has 0 N–H and O–H groups in total. The van der Waals surface area contributed by atoms with Gasteiger partial charge in [0.25, 0.3) is 0 Å². The van der Waals surface area contributed by atoms with Crippen molar-refractivity contribution in [1.29, 1.82) is 0 Å². The van der Waals surface area contributed by atoms with Crippen LogP contribution in [0.15, 0.2) is 0 Å². The van der Waals surface area contributed by atoms with Gasteiger partial charge < -0.3 is 14.4 Å². The highest BCUT2D eigenvalue weighted by Crippen LogP contribution is 2.12. The van der Waals surface area contributed by atoms with E-state index < -0.39 is 5.60 Å². The summed E-state index contributed by atoms with van der Waals surface area (Å²) in [6, 6.07) is 0. The highest BCUT2D eigenvalue weighted by molar-refractivity contribution is 6.01. The summed E-state index contributed by atoms with van der Waals surface area (Å²) in [7, 11) is 1.47. The molecule has 0 unspecified atom stereocenters. The molecule has 1 saturated heterocycles. The number of carbonyl (C=O) groups is 2. The van der Waals surface area contributed by atoms with Crippen molar-refractivity contribution in [2.45, 2.75) is 25.9 Å². The largest absolute Gasteiger partial charge is 0.378 e. The maximum absolute atomic E-state index is 11.8. The van der Waals surface area contributed by atoms with E-state index in [4.69, 9.17) is 9.47 Å². The van der Waals surface area contributed by atoms with Crippen LogP contribution in [0.25, 0.3) is 0 Å². The van der Waals surface area contributed by atoms with Crippen LogP contribution in [0, 0.1) is 0 Å². The minimum Gasteiger partial charge on any atom is -0.378 e. The van der Waals surface area contributed by atoms with Gasteiger partial charge in [-0.2, -0.15) is 0 Å². The average molecular weight is 229 g/mol. The van der Waals surface area contributed by atoms with Crippen LogP contribution in [0.1, 0.15) is 20.3 Å². The fourth-order valence-electron chi connectivity index (χ4n) is 1.39. The normalized spacial score (nSPS) is 17.3. The van der Waals surface area contributed by atoms with Crippen molar-refractivity contribution in [3.05, 3.63) is 0 Å². The van der Waals surface area contributed by atoms with E-state index in [9.17, 15) is 9.59 Å². The molecular formula is C11H19NO4. The Kier molecular flexibility index (Phi) is 4.44. The first-order valence-electron chi connectivity index (χ1n) is 5.41. The number of nitrogens with zero attached hydrogens (tertiary/aromatic N) is 1. The smallest absolute Gasteiger partial charge is 0.230 e. The van der Waals surface area contributed by atoms with E-state index in [0.29, 0.717) is 26.3 Å². The van der Waals surface area contributed by atoms with E-state index in [-0.39, 0.29) is 18.1 Å². The monoisotopic (exact) mass is 229 g/mol. The van der Waals surface area contributed by atoms with Crippen molar-refractivity contribution in [2.24, 2.45) is 0 Å². The number of methoxy groups -OCH3 is 1. The average Bonchev–Trinajstić information content (AvgIpc) is 2.30. The van der Waals surface area contributed by atoms with Gasteiger partial charge in [-0.15, -0.1) is 0 Å². The molecule has 0 aromatic carbocycles. The number of rotatable bonds is 4. The van der Waals surface area contributed by atoms with Crippen molar-refractivity contribution < 1.29 is 19.1 Å². The molecule has 1 fully saturated rings. The molecule has 0 bridgehead atoms. The van der Waals surface area contributed by atoms with Gasteiger partial charge >= 0.3 is 0 Å². The number of morpholine rings is 1. The zero-order chi connectivity index (χ0) is 12.2. The van der Waals surface area contributed by atoms with Gasteiger partial charge in [0, 0.05) is 20.2 Å². The summed E-state index contributed by atoms with van der Waals surface area (Å²) in [6.45, 7) is 5.57. The molecule has 5 heteroatoms. The maximum Gasteiger partial charge on any atom is 0.230 e. The molecule has 0 atom stereocenters. The number of Topliss-reactive ketones (excluding diaryl/α,β-unsaturated/α-hetero) is 1. The highest BCUT2D eigenvalue weighted by atomic mass is 16.5. The first-order valence-corrected chi connectivity index (χ1v) is 5.41. The van der Waals surface area contributed by atoms with E-state index in [1.807, 2.05) is 0 Å². The van der Waals surface area contributed by atoms with Gasteiger partial charge in [-0.1, -0.05) is 0 Å². The van der Waals surface area contributed by atoms with Crippen LogP contribution in [0.5, 0.6) is 0 Å². The van der Waals surface area contributed by atoms with E-state index in [0.717, 1.165) is 0 Å². The summed E-state index contributed by atoms with van der Waals surface area (Å²) in [6.07, 6.45) is -0.0964. The molecule has 1 aliphatic heterocycles. The summed E-state index contributed by atoms with van der Waals surface area (Å²) < 4.78 is 10.2. The van der Waals surface area contributed by atoms with E-state index >= 15 is 0 Å². The maximum atomic E-state index is 11.8. The molecule has 92 valence electrons. The first kappa shape index (κ1) is 13.1. The van der Waals surface area contributed by atoms with E-state index in [2.05, 4.69) is 0 Å². The summed E-state index contributed by atoms with van der Waals surface area (Å²) in [5.41, 5.74) is -0.887. The number of ether oxygens (including phenoxy) is 2. The Balaban J connectivity index is 2.47. The van der Waals surface area contributed by atoms with Crippen molar-refractivity contribution in [2.75, 3.05) is 33.4 Å². The van der Waals surface area contributed by atoms with Crippen LogP contribution in [-0.4, -0.2) is 55.6 Å². The summed E-state index contributed by atoms with van der Waals surface area (Å²) in [5.74, 6) is -0.329. The van der Waals surface area contributed by atoms with E-state index in [1.165, 1.54) is 7.11 Å². The van der Waals surface area contributed by atoms with Crippen LogP contribution in [0.3, 0.4) is 0 Å². The summed E-state index contributed by atoms with van der Waals surface area (Å²) in [4.78, 5) is 25.2. The molecular weight excluding hydrogens is 210 g/mol. The molecule has 1 aliphatic rings. The number of amides is 1. The van der Waals surface area contributed by atoms with Gasteiger partial charge in [-0.05, 0) is 13.8 Å². The van der Waals surface area contributed by atoms with E-state index in [1.54, 1.807) is 18.7 Å². The van der Waals surface area contributed by atoms with Gasteiger partial charge in [-0.25, -0.2) is 0 Å². The Labute approximate surface area is 95.7 Å². The van der Waals surface area contributed by atoms with Crippen molar-refractivity contribution in [3.8, 4) is 0 Å². The fourth-order valence-corrected chi connectivity index (χ4v) is 1.39. The topological polar surface area (TPSA) is 55.8 Å². The number of carbonyl (C=O) groups excluding carboxylic acids is 2. The van der Waals surface area contributed by atoms with Crippen LogP contribution in [-0.2, 0) is 19.1 Å². The summed E-state index contributed by atoms with van der Waals surface area (Å²) in [5, 5.41) is 0. The lowest BCUT2D eigenvalue weighted by molar-refractivity contribution is -0.146. The molecule has 0 aliphatic carbocycles. The molecule has 5 nitrogen and oxygen atoms in total. The van der Waals surface area contributed by atoms with Crippen LogP contribution in [0.4, 0.5) is 0 Å². The Bertz CT molecular complexity index is 269. The predicted octanol–water partition coefficient (Wildman–Crippen LogP) is 0.229. The second-order valence-corrected chi connectivity index (χ2v) is 4.31. The minimum atomic E-state index is -0.887. The summed E-state index contributed by atoms with van der Waals surface area (Å²) >= 11 is 0. The Morgan fingerprint density at radius 3 is 2.38 bits per heavy atom. The van der Waals surface area contributed by atoms with Gasteiger partial charge in [-0.3, -0.25) is 9.59 Å². The SMILES string of the molecule is COC(C)(C)C(=O)CC(=O)N1CCOCC1. The van der Waals surface area contributed by atoms with Crippen LogP contribution in [0.2, 0.25) is 0 Å². The number of ketones is 1. The highest BCUT2D eigenvalue weighted by Gasteiger charge is 2.30. The van der Waals surface area contributed by atoms with Crippen molar-refractivity contribution in [3.63, 3.8) is 0 Å². The Hall–Kier alpha value is -0.940. The van der Waals surface area contributed by atoms with Gasteiger partial charge in [0.05, 0.1) is 19.6 Å². The molecule has 0 aromatic heterocycles. The minimum absolute atomic E-state index is 0.0964. The quantitative estimate of drug-likeness (QED) is 0.647. The molecule has 1 rings (SSSR count). The lowest BCUT2D eigenvalue weighted by atomic mass is 10.0. The standard InChI is InChI=1S/C11H19NO4/c1-11(2,15-3)9(13)8-10(14)12-4-6-16-7-5-12/h4-8H2,1-3H3. The fraction of sp³-hybridized carbons (Fsp3) is 0.818. The number of hydrogen-bond acceptors (Lipinski definition) is 4. The molecule has 0 saturated carbocycles. The van der Waals surface area contributed by atoms with Gasteiger partial charge in [0.1, 0.15) is 5.60 Å². The predicted molar refractivity (Wildman–Crippen MR) is 58.1 cm³/mol. The van der Waals surface area contributed by atoms with Gasteiger partial charge in [0.15, 0.2) is 5.78 Å². The third-order valence-electron chi connectivity index (χ3n) is 2.86. The number of hydrogen-bond donors (Lipinski definition) is 0. The molecule has 1 amide bonds.